The van der Waals surface area contributed by atoms with Gasteiger partial charge in [-0.25, -0.2) is 0 Å². The standard InChI is InChI=1S/C21H18N4O2S/c1-15(28-21-24-23-19-9-5-6-14-25(19)21)20(26)22-16-10-12-18(13-11-16)27-17-7-3-2-4-8-17/h2-15H,1H3,(H,22,26). The molecule has 0 saturated carbocycles. The van der Waals surface area contributed by atoms with Crippen molar-refractivity contribution in [1.82, 2.24) is 14.6 Å². The van der Waals surface area contributed by atoms with Crippen LogP contribution in [0.1, 0.15) is 6.92 Å². The topological polar surface area (TPSA) is 68.5 Å². The molecule has 2 aromatic carbocycles. The van der Waals surface area contributed by atoms with Crippen molar-refractivity contribution < 1.29 is 9.53 Å². The van der Waals surface area contributed by atoms with Crippen molar-refractivity contribution in [3.8, 4) is 11.5 Å². The summed E-state index contributed by atoms with van der Waals surface area (Å²) in [4.78, 5) is 12.5. The lowest BCUT2D eigenvalue weighted by molar-refractivity contribution is -0.115. The summed E-state index contributed by atoms with van der Waals surface area (Å²) in [6.45, 7) is 1.84. The van der Waals surface area contributed by atoms with Crippen molar-refractivity contribution in [3.05, 3.63) is 79.0 Å². The minimum Gasteiger partial charge on any atom is -0.457 e. The van der Waals surface area contributed by atoms with Crippen molar-refractivity contribution in [2.75, 3.05) is 5.32 Å². The Hall–Kier alpha value is -3.32. The number of hydrogen-bond acceptors (Lipinski definition) is 5. The summed E-state index contributed by atoms with van der Waals surface area (Å²) in [5.74, 6) is 1.38. The Morgan fingerprint density at radius 2 is 1.68 bits per heavy atom. The maximum absolute atomic E-state index is 12.5. The van der Waals surface area contributed by atoms with Crippen LogP contribution < -0.4 is 10.1 Å². The fourth-order valence-corrected chi connectivity index (χ4v) is 3.42. The molecule has 0 spiro atoms. The SMILES string of the molecule is CC(Sc1nnc2ccccn12)C(=O)Nc1ccc(Oc2ccccc2)cc1. The third-order valence-electron chi connectivity index (χ3n) is 4.03. The molecule has 1 atom stereocenters. The molecule has 7 heteroatoms. The highest BCUT2D eigenvalue weighted by molar-refractivity contribution is 8.00. The fraction of sp³-hybridized carbons (Fsp3) is 0.0952. The van der Waals surface area contributed by atoms with Crippen molar-refractivity contribution in [2.45, 2.75) is 17.3 Å². The molecule has 2 aromatic heterocycles. The van der Waals surface area contributed by atoms with E-state index in [9.17, 15) is 4.79 Å². The van der Waals surface area contributed by atoms with Crippen LogP contribution in [-0.4, -0.2) is 25.8 Å². The zero-order valence-corrected chi connectivity index (χ0v) is 16.0. The predicted molar refractivity (Wildman–Crippen MR) is 110 cm³/mol. The number of anilines is 1. The molecule has 28 heavy (non-hydrogen) atoms. The summed E-state index contributed by atoms with van der Waals surface area (Å²) < 4.78 is 7.63. The Morgan fingerprint density at radius 1 is 0.964 bits per heavy atom. The molecule has 1 amide bonds. The van der Waals surface area contributed by atoms with Gasteiger partial charge < -0.3 is 10.1 Å². The number of rotatable bonds is 6. The fourth-order valence-electron chi connectivity index (χ4n) is 2.59. The highest BCUT2D eigenvalue weighted by Gasteiger charge is 2.18. The molecule has 0 aliphatic heterocycles. The Balaban J connectivity index is 1.37. The Labute approximate surface area is 166 Å². The van der Waals surface area contributed by atoms with Gasteiger partial charge in [0.2, 0.25) is 5.91 Å². The number of nitrogens with one attached hydrogen (secondary N) is 1. The van der Waals surface area contributed by atoms with Crippen LogP contribution in [-0.2, 0) is 4.79 Å². The van der Waals surface area contributed by atoms with Crippen molar-refractivity contribution in [3.63, 3.8) is 0 Å². The van der Waals surface area contributed by atoms with E-state index in [1.807, 2.05) is 90.3 Å². The predicted octanol–water partition coefficient (Wildman–Crippen LogP) is 4.64. The van der Waals surface area contributed by atoms with E-state index in [0.29, 0.717) is 16.6 Å². The van der Waals surface area contributed by atoms with E-state index in [2.05, 4.69) is 15.5 Å². The van der Waals surface area contributed by atoms with Crippen LogP contribution in [0.3, 0.4) is 0 Å². The van der Waals surface area contributed by atoms with Gasteiger partial charge in [0.1, 0.15) is 11.5 Å². The van der Waals surface area contributed by atoms with Crippen LogP contribution in [0.4, 0.5) is 5.69 Å². The number of pyridine rings is 1. The number of ether oxygens (including phenoxy) is 1. The number of nitrogens with zero attached hydrogens (tertiary/aromatic N) is 3. The molecular weight excluding hydrogens is 372 g/mol. The van der Waals surface area contributed by atoms with Crippen LogP contribution in [0.5, 0.6) is 11.5 Å². The van der Waals surface area contributed by atoms with E-state index in [4.69, 9.17) is 4.74 Å². The number of benzene rings is 2. The molecule has 1 unspecified atom stereocenters. The third kappa shape index (κ3) is 4.15. The van der Waals surface area contributed by atoms with Crippen LogP contribution >= 0.6 is 11.8 Å². The largest absolute Gasteiger partial charge is 0.457 e. The molecule has 6 nitrogen and oxygen atoms in total. The number of para-hydroxylation sites is 1. The summed E-state index contributed by atoms with van der Waals surface area (Å²) in [5, 5.41) is 11.5. The van der Waals surface area contributed by atoms with Gasteiger partial charge in [0.25, 0.3) is 0 Å². The first-order valence-corrected chi connectivity index (χ1v) is 9.67. The second kappa shape index (κ2) is 8.14. The highest BCUT2D eigenvalue weighted by atomic mass is 32.2. The van der Waals surface area contributed by atoms with E-state index < -0.39 is 0 Å². The molecule has 2 heterocycles. The van der Waals surface area contributed by atoms with Gasteiger partial charge in [0.05, 0.1) is 5.25 Å². The number of hydrogen-bond donors (Lipinski definition) is 1. The van der Waals surface area contributed by atoms with Gasteiger partial charge in [-0.05, 0) is 55.5 Å². The van der Waals surface area contributed by atoms with Gasteiger partial charge in [0, 0.05) is 11.9 Å². The van der Waals surface area contributed by atoms with E-state index in [1.54, 1.807) is 0 Å². The van der Waals surface area contributed by atoms with E-state index in [-0.39, 0.29) is 11.2 Å². The number of carbonyl (C=O) groups is 1. The first-order chi connectivity index (χ1) is 13.7. The maximum atomic E-state index is 12.5. The summed E-state index contributed by atoms with van der Waals surface area (Å²) >= 11 is 1.36. The van der Waals surface area contributed by atoms with Crippen LogP contribution in [0.25, 0.3) is 5.65 Å². The molecule has 0 aliphatic rings. The zero-order valence-electron chi connectivity index (χ0n) is 15.1. The minimum absolute atomic E-state index is 0.102. The Morgan fingerprint density at radius 3 is 2.46 bits per heavy atom. The molecule has 1 N–H and O–H groups in total. The molecule has 0 radical (unpaired) electrons. The Kier molecular flexibility index (Phi) is 5.25. The van der Waals surface area contributed by atoms with Gasteiger partial charge in [-0.2, -0.15) is 0 Å². The van der Waals surface area contributed by atoms with E-state index in [1.165, 1.54) is 11.8 Å². The first kappa shape index (κ1) is 18.1. The van der Waals surface area contributed by atoms with Gasteiger partial charge in [-0.15, -0.1) is 10.2 Å². The van der Waals surface area contributed by atoms with Crippen molar-refractivity contribution in [2.24, 2.45) is 0 Å². The molecule has 4 rings (SSSR count). The van der Waals surface area contributed by atoms with Gasteiger partial charge in [-0.1, -0.05) is 36.0 Å². The number of fused-ring (bicyclic) bond motifs is 1. The first-order valence-electron chi connectivity index (χ1n) is 8.79. The average Bonchev–Trinajstić information content (AvgIpc) is 3.13. The monoisotopic (exact) mass is 390 g/mol. The maximum Gasteiger partial charge on any atom is 0.237 e. The summed E-state index contributed by atoms with van der Waals surface area (Å²) in [6.07, 6.45) is 1.88. The normalized spacial score (nSPS) is 11.9. The molecule has 140 valence electrons. The minimum atomic E-state index is -0.326. The smallest absolute Gasteiger partial charge is 0.237 e. The lowest BCUT2D eigenvalue weighted by Crippen LogP contribution is -2.22. The highest BCUT2D eigenvalue weighted by Crippen LogP contribution is 2.25. The van der Waals surface area contributed by atoms with Gasteiger partial charge in [-0.3, -0.25) is 9.20 Å². The lowest BCUT2D eigenvalue weighted by atomic mass is 10.3. The number of thioether (sulfide) groups is 1. The van der Waals surface area contributed by atoms with Crippen LogP contribution in [0.15, 0.2) is 84.1 Å². The van der Waals surface area contributed by atoms with Gasteiger partial charge in [0.15, 0.2) is 10.8 Å². The molecule has 0 fully saturated rings. The number of aromatic nitrogens is 3. The summed E-state index contributed by atoms with van der Waals surface area (Å²) in [7, 11) is 0. The lowest BCUT2D eigenvalue weighted by Gasteiger charge is -2.12. The zero-order chi connectivity index (χ0) is 19.3. The third-order valence-corrected chi connectivity index (χ3v) is 5.09. The van der Waals surface area contributed by atoms with E-state index >= 15 is 0 Å². The van der Waals surface area contributed by atoms with Crippen molar-refractivity contribution >= 4 is 29.0 Å². The molecular formula is C21H18N4O2S. The second-order valence-electron chi connectivity index (χ2n) is 6.10. The quantitative estimate of drug-likeness (QED) is 0.486. The number of carbonyl (C=O) groups excluding carboxylic acids is 1. The van der Waals surface area contributed by atoms with Crippen molar-refractivity contribution in [1.29, 1.82) is 0 Å². The second-order valence-corrected chi connectivity index (χ2v) is 7.41. The van der Waals surface area contributed by atoms with Crippen LogP contribution in [0, 0.1) is 0 Å². The summed E-state index contributed by atoms with van der Waals surface area (Å²) in [6, 6.07) is 22.5. The Bertz CT molecular complexity index is 1080. The molecule has 4 aromatic rings. The van der Waals surface area contributed by atoms with Crippen LogP contribution in [0.2, 0.25) is 0 Å². The average molecular weight is 390 g/mol. The number of amides is 1. The summed E-state index contributed by atoms with van der Waals surface area (Å²) in [5.41, 5.74) is 1.47. The van der Waals surface area contributed by atoms with E-state index in [0.717, 1.165) is 11.4 Å². The molecule has 0 aliphatic carbocycles. The molecule has 0 bridgehead atoms. The molecule has 0 saturated heterocycles. The van der Waals surface area contributed by atoms with Gasteiger partial charge >= 0.3 is 0 Å².